The lowest BCUT2D eigenvalue weighted by atomic mass is 10.1. The Morgan fingerprint density at radius 1 is 1.07 bits per heavy atom. The molecule has 4 nitrogen and oxygen atoms in total. The van der Waals surface area contributed by atoms with Crippen molar-refractivity contribution in [2.75, 3.05) is 16.8 Å². The molecule has 2 amide bonds. The first-order chi connectivity index (χ1) is 14.1. The van der Waals surface area contributed by atoms with Gasteiger partial charge in [0.05, 0.1) is 5.57 Å². The van der Waals surface area contributed by atoms with Gasteiger partial charge in [-0.25, -0.2) is 4.39 Å². The van der Waals surface area contributed by atoms with Crippen LogP contribution >= 0.6 is 11.3 Å². The van der Waals surface area contributed by atoms with Gasteiger partial charge in [0.15, 0.2) is 0 Å². The third-order valence-corrected chi connectivity index (χ3v) is 5.63. The van der Waals surface area contributed by atoms with Crippen molar-refractivity contribution >= 4 is 46.2 Å². The Hall–Kier alpha value is -3.25. The van der Waals surface area contributed by atoms with Gasteiger partial charge in [-0.3, -0.25) is 9.59 Å². The first-order valence-electron chi connectivity index (χ1n) is 9.33. The molecule has 0 radical (unpaired) electrons. The summed E-state index contributed by atoms with van der Waals surface area (Å²) in [5, 5.41) is 4.82. The topological polar surface area (TPSA) is 49.4 Å². The summed E-state index contributed by atoms with van der Waals surface area (Å²) in [7, 11) is 0. The fourth-order valence-corrected chi connectivity index (χ4v) is 3.99. The molecule has 1 saturated heterocycles. The van der Waals surface area contributed by atoms with Gasteiger partial charge in [-0.1, -0.05) is 18.2 Å². The van der Waals surface area contributed by atoms with Gasteiger partial charge >= 0.3 is 0 Å². The molecule has 0 atom stereocenters. The second kappa shape index (κ2) is 8.41. The van der Waals surface area contributed by atoms with E-state index in [1.807, 2.05) is 29.6 Å². The maximum Gasteiger partial charge on any atom is 0.257 e. The molecular formula is C23H19FN2O2S. The molecular weight excluding hydrogens is 387 g/mol. The van der Waals surface area contributed by atoms with Crippen molar-refractivity contribution in [2.24, 2.45) is 0 Å². The molecule has 3 aromatic rings. The summed E-state index contributed by atoms with van der Waals surface area (Å²) < 4.78 is 13.2. The van der Waals surface area contributed by atoms with Crippen molar-refractivity contribution in [1.29, 1.82) is 0 Å². The standard InChI is InChI=1S/C23H19FN2O2S/c24-17-7-5-16(6-8-17)15-20(21-3-2-14-29-21)23(28)25-18-9-11-19(12-10-18)26-13-1-4-22(26)27/h2-3,5-12,14-15H,1,4,13H2,(H,25,28)/b20-15+. The van der Waals surface area contributed by atoms with E-state index in [0.29, 0.717) is 17.7 Å². The molecule has 2 heterocycles. The smallest absolute Gasteiger partial charge is 0.257 e. The molecule has 1 aliphatic rings. The Bertz CT molecular complexity index is 1040. The maximum absolute atomic E-state index is 13.2. The van der Waals surface area contributed by atoms with Crippen LogP contribution in [-0.4, -0.2) is 18.4 Å². The fourth-order valence-electron chi connectivity index (χ4n) is 3.25. The summed E-state index contributed by atoms with van der Waals surface area (Å²) >= 11 is 1.46. The largest absolute Gasteiger partial charge is 0.322 e. The molecule has 0 spiro atoms. The van der Waals surface area contributed by atoms with Gasteiger partial charge in [0, 0.05) is 29.2 Å². The van der Waals surface area contributed by atoms with Gasteiger partial charge in [0.1, 0.15) is 5.82 Å². The minimum atomic E-state index is -0.319. The first-order valence-corrected chi connectivity index (χ1v) is 10.2. The van der Waals surface area contributed by atoms with Crippen LogP contribution in [0.3, 0.4) is 0 Å². The molecule has 0 saturated carbocycles. The Morgan fingerprint density at radius 2 is 1.83 bits per heavy atom. The molecule has 1 aromatic heterocycles. The van der Waals surface area contributed by atoms with Gasteiger partial charge in [-0.2, -0.15) is 0 Å². The molecule has 146 valence electrons. The van der Waals surface area contributed by atoms with Crippen molar-refractivity contribution in [3.05, 3.63) is 82.3 Å². The highest BCUT2D eigenvalue weighted by Gasteiger charge is 2.21. The number of benzene rings is 2. The third kappa shape index (κ3) is 4.43. The average molecular weight is 406 g/mol. The molecule has 1 N–H and O–H groups in total. The number of rotatable bonds is 5. The van der Waals surface area contributed by atoms with E-state index in [-0.39, 0.29) is 17.6 Å². The average Bonchev–Trinajstić information content (AvgIpc) is 3.40. The van der Waals surface area contributed by atoms with Gasteiger partial charge in [-0.15, -0.1) is 11.3 Å². The second-order valence-corrected chi connectivity index (χ2v) is 7.68. The van der Waals surface area contributed by atoms with Crippen molar-refractivity contribution in [1.82, 2.24) is 0 Å². The van der Waals surface area contributed by atoms with Crippen LogP contribution < -0.4 is 10.2 Å². The number of nitrogens with zero attached hydrogens (tertiary/aromatic N) is 1. The molecule has 4 rings (SSSR count). The van der Waals surface area contributed by atoms with E-state index < -0.39 is 0 Å². The predicted octanol–water partition coefficient (Wildman–Crippen LogP) is 5.19. The van der Waals surface area contributed by atoms with Gasteiger partial charge in [-0.05, 0) is 65.9 Å². The molecule has 6 heteroatoms. The van der Waals surface area contributed by atoms with Crippen LogP contribution in [0.15, 0.2) is 66.0 Å². The SMILES string of the molecule is O=C(Nc1ccc(N2CCCC2=O)cc1)/C(=C/c1ccc(F)cc1)c1cccs1. The summed E-state index contributed by atoms with van der Waals surface area (Å²) in [5.41, 5.74) is 2.73. The lowest BCUT2D eigenvalue weighted by Crippen LogP contribution is -2.23. The van der Waals surface area contributed by atoms with Crippen LogP contribution in [0.4, 0.5) is 15.8 Å². The zero-order valence-electron chi connectivity index (χ0n) is 15.6. The van der Waals surface area contributed by atoms with E-state index in [9.17, 15) is 14.0 Å². The van der Waals surface area contributed by atoms with E-state index in [2.05, 4.69) is 5.32 Å². The minimum Gasteiger partial charge on any atom is -0.322 e. The Morgan fingerprint density at radius 3 is 2.45 bits per heavy atom. The molecule has 0 aliphatic carbocycles. The lowest BCUT2D eigenvalue weighted by Gasteiger charge is -2.16. The van der Waals surface area contributed by atoms with Crippen LogP contribution in [0, 0.1) is 5.82 Å². The number of hydrogen-bond acceptors (Lipinski definition) is 3. The molecule has 0 bridgehead atoms. The van der Waals surface area contributed by atoms with Crippen LogP contribution in [0.1, 0.15) is 23.3 Å². The molecule has 0 unspecified atom stereocenters. The summed E-state index contributed by atoms with van der Waals surface area (Å²) in [6, 6.07) is 17.0. The van der Waals surface area contributed by atoms with E-state index in [4.69, 9.17) is 0 Å². The minimum absolute atomic E-state index is 0.129. The molecule has 1 aliphatic heterocycles. The number of halogens is 1. The van der Waals surface area contributed by atoms with Gasteiger partial charge in [0.2, 0.25) is 5.91 Å². The summed E-state index contributed by atoms with van der Waals surface area (Å²) in [4.78, 5) is 27.4. The van der Waals surface area contributed by atoms with Crippen molar-refractivity contribution < 1.29 is 14.0 Å². The van der Waals surface area contributed by atoms with Crippen LogP contribution in [0.5, 0.6) is 0 Å². The second-order valence-electron chi connectivity index (χ2n) is 6.74. The fraction of sp³-hybridized carbons (Fsp3) is 0.130. The van der Waals surface area contributed by atoms with Crippen LogP contribution in [0.2, 0.25) is 0 Å². The van der Waals surface area contributed by atoms with Crippen molar-refractivity contribution in [3.63, 3.8) is 0 Å². The number of carbonyl (C=O) groups excluding carboxylic acids is 2. The number of anilines is 2. The summed E-state index contributed by atoms with van der Waals surface area (Å²) in [6.45, 7) is 0.730. The Labute approximate surface area is 172 Å². The van der Waals surface area contributed by atoms with Crippen LogP contribution in [-0.2, 0) is 9.59 Å². The maximum atomic E-state index is 13.2. The number of nitrogens with one attached hydrogen (secondary N) is 1. The molecule has 1 fully saturated rings. The number of thiophene rings is 1. The number of carbonyl (C=O) groups is 2. The van der Waals surface area contributed by atoms with Gasteiger partial charge < -0.3 is 10.2 Å². The zero-order chi connectivity index (χ0) is 20.2. The normalized spacial score (nSPS) is 14.3. The lowest BCUT2D eigenvalue weighted by molar-refractivity contribution is -0.117. The zero-order valence-corrected chi connectivity index (χ0v) is 16.4. The highest BCUT2D eigenvalue weighted by atomic mass is 32.1. The number of hydrogen-bond donors (Lipinski definition) is 1. The predicted molar refractivity (Wildman–Crippen MR) is 115 cm³/mol. The van der Waals surface area contributed by atoms with E-state index in [1.165, 1.54) is 23.5 Å². The van der Waals surface area contributed by atoms with E-state index >= 15 is 0 Å². The Balaban J connectivity index is 1.55. The molecule has 2 aromatic carbocycles. The summed E-state index contributed by atoms with van der Waals surface area (Å²) in [6.07, 6.45) is 3.20. The first kappa shape index (κ1) is 19.1. The van der Waals surface area contributed by atoms with E-state index in [1.54, 1.807) is 35.2 Å². The summed E-state index contributed by atoms with van der Waals surface area (Å²) in [5.74, 6) is -0.438. The highest BCUT2D eigenvalue weighted by molar-refractivity contribution is 7.11. The quantitative estimate of drug-likeness (QED) is 0.593. The van der Waals surface area contributed by atoms with Gasteiger partial charge in [0.25, 0.3) is 5.91 Å². The highest BCUT2D eigenvalue weighted by Crippen LogP contribution is 2.26. The van der Waals surface area contributed by atoms with Crippen molar-refractivity contribution in [3.8, 4) is 0 Å². The van der Waals surface area contributed by atoms with Crippen LogP contribution in [0.25, 0.3) is 11.6 Å². The third-order valence-electron chi connectivity index (χ3n) is 4.72. The Kier molecular flexibility index (Phi) is 5.53. The van der Waals surface area contributed by atoms with E-state index in [0.717, 1.165) is 29.1 Å². The number of amides is 2. The monoisotopic (exact) mass is 406 g/mol. The molecule has 29 heavy (non-hydrogen) atoms. The van der Waals surface area contributed by atoms with Crippen molar-refractivity contribution in [2.45, 2.75) is 12.8 Å².